The van der Waals surface area contributed by atoms with Gasteiger partial charge in [0.25, 0.3) is 0 Å². The van der Waals surface area contributed by atoms with E-state index in [1.807, 2.05) is 30.3 Å². The van der Waals surface area contributed by atoms with Crippen molar-refractivity contribution >= 4 is 0 Å². The molecule has 0 heterocycles. The molecule has 0 nitrogen and oxygen atoms in total. The molecule has 101 valence electrons. The summed E-state index contributed by atoms with van der Waals surface area (Å²) in [5, 5.41) is 0. The predicted molar refractivity (Wildman–Crippen MR) is 83.0 cm³/mol. The Hall–Kier alpha value is -0.677. The minimum Gasteiger partial charge on any atom is -0.358 e. The van der Waals surface area contributed by atoms with E-state index in [0.717, 1.165) is 5.56 Å². The quantitative estimate of drug-likeness (QED) is 0.577. The molecule has 0 aliphatic heterocycles. The fraction of sp³-hybridized carbons (Fsp3) is 0.278. The first-order valence-electron chi connectivity index (χ1n) is 6.01. The Balaban J connectivity index is 0. The van der Waals surface area contributed by atoms with Gasteiger partial charge in [-0.3, -0.25) is 0 Å². The van der Waals surface area contributed by atoms with Gasteiger partial charge in [0, 0.05) is 0 Å². The van der Waals surface area contributed by atoms with Crippen LogP contribution in [0.1, 0.15) is 33.4 Å². The van der Waals surface area contributed by atoms with Crippen LogP contribution in [0.2, 0.25) is 0 Å². The number of benzene rings is 1. The van der Waals surface area contributed by atoms with E-state index in [-0.39, 0.29) is 33.6 Å². The summed E-state index contributed by atoms with van der Waals surface area (Å²) >= 11 is 0. The van der Waals surface area contributed by atoms with E-state index in [1.165, 1.54) is 27.8 Å². The van der Waals surface area contributed by atoms with E-state index in [2.05, 4.69) is 41.5 Å². The molecule has 1 radical (unpaired) electrons. The van der Waals surface area contributed by atoms with Crippen LogP contribution in [-0.2, 0) is 26.2 Å². The molecule has 0 amide bonds. The van der Waals surface area contributed by atoms with Crippen LogP contribution in [-0.4, -0.2) is 0 Å². The summed E-state index contributed by atoms with van der Waals surface area (Å²) in [5.74, 6) is 0. The average molecular weight is 333 g/mol. The Morgan fingerprint density at radius 3 is 1.37 bits per heavy atom. The third kappa shape index (κ3) is 5.45. The van der Waals surface area contributed by atoms with Gasteiger partial charge >= 0.3 is 26.2 Å². The SMILES string of the molecule is Cc1c(C)c(C)[c-](C)c1C.[CH2-]c1ccccc1.[CH3-].[Zr+3]. The van der Waals surface area contributed by atoms with Gasteiger partial charge in [-0.25, -0.2) is 0 Å². The zero-order valence-corrected chi connectivity index (χ0v) is 15.6. The minimum absolute atomic E-state index is 0. The largest absolute Gasteiger partial charge is 3.00 e. The molecular formula is C18H25Zr. The van der Waals surface area contributed by atoms with Crippen molar-refractivity contribution in [3.63, 3.8) is 0 Å². The predicted octanol–water partition coefficient (Wildman–Crippen LogP) is 5.26. The molecule has 0 unspecified atom stereocenters. The van der Waals surface area contributed by atoms with Gasteiger partial charge in [-0.1, -0.05) is 40.7 Å². The standard InChI is InChI=1S/C10H15.C7H7.CH3.Zr/c1-6-7(2)9(4)10(5)8(6)3;1-7-5-3-2-4-6-7;;/h1-5H3;2-6H,1H2;1H3;/q3*-1;+3. The van der Waals surface area contributed by atoms with E-state index in [9.17, 15) is 0 Å². The fourth-order valence-electron chi connectivity index (χ4n) is 1.88. The Morgan fingerprint density at radius 2 is 1.21 bits per heavy atom. The van der Waals surface area contributed by atoms with Crippen LogP contribution in [0.25, 0.3) is 0 Å². The van der Waals surface area contributed by atoms with Crippen LogP contribution in [0.3, 0.4) is 0 Å². The first kappa shape index (κ1) is 20.6. The van der Waals surface area contributed by atoms with Crippen LogP contribution < -0.4 is 0 Å². The first-order valence-corrected chi connectivity index (χ1v) is 6.01. The van der Waals surface area contributed by atoms with Crippen LogP contribution in [0.4, 0.5) is 0 Å². The molecule has 0 bridgehead atoms. The second kappa shape index (κ2) is 9.26. The Bertz CT molecular complexity index is 398. The van der Waals surface area contributed by atoms with Gasteiger partial charge in [0.2, 0.25) is 0 Å². The van der Waals surface area contributed by atoms with Crippen LogP contribution in [0.5, 0.6) is 0 Å². The van der Waals surface area contributed by atoms with Crippen LogP contribution >= 0.6 is 0 Å². The summed E-state index contributed by atoms with van der Waals surface area (Å²) in [5.41, 5.74) is 8.41. The molecule has 0 aliphatic rings. The Morgan fingerprint density at radius 1 is 0.842 bits per heavy atom. The van der Waals surface area contributed by atoms with Gasteiger partial charge < -0.3 is 7.43 Å². The van der Waals surface area contributed by atoms with Crippen molar-refractivity contribution < 1.29 is 26.2 Å². The van der Waals surface area contributed by atoms with Crippen molar-refractivity contribution in [2.45, 2.75) is 34.6 Å². The van der Waals surface area contributed by atoms with Gasteiger partial charge in [0.05, 0.1) is 0 Å². The molecule has 19 heavy (non-hydrogen) atoms. The molecule has 0 spiro atoms. The van der Waals surface area contributed by atoms with Gasteiger partial charge in [-0.05, 0) is 0 Å². The molecule has 0 atom stereocenters. The monoisotopic (exact) mass is 331 g/mol. The van der Waals surface area contributed by atoms with Crippen molar-refractivity contribution in [3.05, 3.63) is 78.1 Å². The Kier molecular flexibility index (Phi) is 10.1. The molecule has 0 saturated carbocycles. The van der Waals surface area contributed by atoms with E-state index in [1.54, 1.807) is 0 Å². The maximum Gasteiger partial charge on any atom is 3.00 e. The number of hydrogen-bond acceptors (Lipinski definition) is 0. The third-order valence-corrected chi connectivity index (χ3v) is 3.66. The summed E-state index contributed by atoms with van der Waals surface area (Å²) in [7, 11) is 0. The summed E-state index contributed by atoms with van der Waals surface area (Å²) in [6, 6.07) is 9.87. The van der Waals surface area contributed by atoms with Crippen molar-refractivity contribution in [2.75, 3.05) is 0 Å². The van der Waals surface area contributed by atoms with E-state index < -0.39 is 0 Å². The molecule has 1 heteroatoms. The molecule has 0 fully saturated rings. The van der Waals surface area contributed by atoms with Crippen molar-refractivity contribution in [2.24, 2.45) is 0 Å². The van der Waals surface area contributed by atoms with Crippen LogP contribution in [0, 0.1) is 49.0 Å². The fourth-order valence-corrected chi connectivity index (χ4v) is 1.88. The summed E-state index contributed by atoms with van der Waals surface area (Å²) in [4.78, 5) is 0. The van der Waals surface area contributed by atoms with Gasteiger partial charge in [-0.15, -0.1) is 12.1 Å². The zero-order chi connectivity index (χ0) is 13.0. The van der Waals surface area contributed by atoms with Gasteiger partial charge in [0.1, 0.15) is 0 Å². The number of hydrogen-bond donors (Lipinski definition) is 0. The molecule has 0 aliphatic carbocycles. The summed E-state index contributed by atoms with van der Waals surface area (Å²) in [6.07, 6.45) is 0. The smallest absolute Gasteiger partial charge is 0.358 e. The van der Waals surface area contributed by atoms with E-state index >= 15 is 0 Å². The molecule has 2 rings (SSSR count). The second-order valence-electron chi connectivity index (χ2n) is 4.61. The number of rotatable bonds is 0. The normalized spacial score (nSPS) is 8.68. The van der Waals surface area contributed by atoms with E-state index in [4.69, 9.17) is 0 Å². The topological polar surface area (TPSA) is 0 Å². The van der Waals surface area contributed by atoms with E-state index in [0.29, 0.717) is 0 Å². The van der Waals surface area contributed by atoms with Crippen molar-refractivity contribution in [1.29, 1.82) is 0 Å². The maximum atomic E-state index is 3.72. The van der Waals surface area contributed by atoms with Crippen LogP contribution in [0.15, 0.2) is 30.3 Å². The minimum atomic E-state index is 0. The van der Waals surface area contributed by atoms with Gasteiger partial charge in [-0.2, -0.15) is 52.4 Å². The third-order valence-electron chi connectivity index (χ3n) is 3.66. The summed E-state index contributed by atoms with van der Waals surface area (Å²) in [6.45, 7) is 14.7. The average Bonchev–Trinajstić information content (AvgIpc) is 2.49. The molecule has 2 aromatic rings. The maximum absolute atomic E-state index is 3.72. The molecule has 0 saturated heterocycles. The molecule has 0 N–H and O–H groups in total. The zero-order valence-electron chi connectivity index (χ0n) is 13.1. The summed E-state index contributed by atoms with van der Waals surface area (Å²) < 4.78 is 0. The van der Waals surface area contributed by atoms with Crippen molar-refractivity contribution in [1.82, 2.24) is 0 Å². The molecule has 0 aromatic heterocycles. The first-order chi connectivity index (χ1) is 7.95. The second-order valence-corrected chi connectivity index (χ2v) is 4.61. The molecule has 2 aromatic carbocycles. The van der Waals surface area contributed by atoms with Crippen molar-refractivity contribution in [3.8, 4) is 0 Å². The van der Waals surface area contributed by atoms with Gasteiger partial charge in [0.15, 0.2) is 0 Å². The Labute approximate surface area is 138 Å². The molecular weight excluding hydrogens is 307 g/mol.